The van der Waals surface area contributed by atoms with Gasteiger partial charge in [-0.2, -0.15) is 0 Å². The second-order valence-electron chi connectivity index (χ2n) is 3.52. The second kappa shape index (κ2) is 6.13. The number of rotatable bonds is 6. The molecular weight excluding hydrogens is 232 g/mol. The Bertz CT molecular complexity index is 333. The van der Waals surface area contributed by atoms with E-state index in [-0.39, 0.29) is 5.56 Å². The fourth-order valence-electron chi connectivity index (χ4n) is 1.41. The third-order valence-corrected chi connectivity index (χ3v) is 3.66. The van der Waals surface area contributed by atoms with Crippen molar-refractivity contribution in [2.24, 2.45) is 0 Å². The highest BCUT2D eigenvalue weighted by atomic mass is 35.5. The summed E-state index contributed by atoms with van der Waals surface area (Å²) in [7, 11) is 0. The minimum atomic E-state index is -0.934. The number of halogens is 1. The molecule has 0 aliphatic rings. The monoisotopic (exact) mass is 246 g/mol. The van der Waals surface area contributed by atoms with Crippen LogP contribution in [0.4, 0.5) is 0 Å². The molecule has 0 aliphatic carbocycles. The summed E-state index contributed by atoms with van der Waals surface area (Å²) < 4.78 is 0.396. The zero-order valence-corrected chi connectivity index (χ0v) is 10.3. The Morgan fingerprint density at radius 1 is 1.47 bits per heavy atom. The van der Waals surface area contributed by atoms with Gasteiger partial charge in [-0.3, -0.25) is 0 Å². The summed E-state index contributed by atoms with van der Waals surface area (Å²) in [6.07, 6.45) is 5.71. The Labute approximate surface area is 98.9 Å². The maximum atomic E-state index is 10.7. The summed E-state index contributed by atoms with van der Waals surface area (Å²) in [4.78, 5) is 11.8. The van der Waals surface area contributed by atoms with Crippen LogP contribution in [0.2, 0.25) is 4.34 Å². The molecule has 1 aromatic rings. The van der Waals surface area contributed by atoms with Crippen LogP contribution in [0.1, 0.15) is 47.8 Å². The van der Waals surface area contributed by atoms with E-state index in [9.17, 15) is 4.79 Å². The van der Waals surface area contributed by atoms with Gasteiger partial charge < -0.3 is 5.11 Å². The van der Waals surface area contributed by atoms with Crippen LogP contribution in [0.5, 0.6) is 0 Å². The SMILES string of the molecule is CCCCCCc1cc(C(=O)O)c(Cl)s1. The quantitative estimate of drug-likeness (QED) is 0.763. The van der Waals surface area contributed by atoms with E-state index in [4.69, 9.17) is 16.7 Å². The van der Waals surface area contributed by atoms with Crippen molar-refractivity contribution in [2.75, 3.05) is 0 Å². The summed E-state index contributed by atoms with van der Waals surface area (Å²) in [5.41, 5.74) is 0.243. The first-order valence-corrected chi connectivity index (χ1v) is 6.36. The molecule has 0 amide bonds. The van der Waals surface area contributed by atoms with E-state index < -0.39 is 5.97 Å². The molecule has 0 aromatic carbocycles. The molecule has 0 saturated carbocycles. The van der Waals surface area contributed by atoms with Crippen LogP contribution in [-0.4, -0.2) is 11.1 Å². The first-order valence-electron chi connectivity index (χ1n) is 5.16. The molecule has 0 atom stereocenters. The van der Waals surface area contributed by atoms with Crippen LogP contribution < -0.4 is 0 Å². The highest BCUT2D eigenvalue weighted by Gasteiger charge is 2.12. The molecule has 84 valence electrons. The van der Waals surface area contributed by atoms with E-state index in [0.29, 0.717) is 4.34 Å². The van der Waals surface area contributed by atoms with E-state index in [1.54, 1.807) is 6.07 Å². The van der Waals surface area contributed by atoms with Crippen LogP contribution >= 0.6 is 22.9 Å². The van der Waals surface area contributed by atoms with E-state index >= 15 is 0 Å². The maximum absolute atomic E-state index is 10.7. The molecule has 0 aliphatic heterocycles. The van der Waals surface area contributed by atoms with Crippen LogP contribution in [0.3, 0.4) is 0 Å². The number of unbranched alkanes of at least 4 members (excludes halogenated alkanes) is 3. The normalized spacial score (nSPS) is 10.5. The molecule has 2 nitrogen and oxygen atoms in total. The number of carboxylic acids is 1. The Hall–Kier alpha value is -0.540. The lowest BCUT2D eigenvalue weighted by molar-refractivity contribution is 0.0697. The van der Waals surface area contributed by atoms with Gasteiger partial charge in [-0.1, -0.05) is 37.8 Å². The number of aryl methyl sites for hydroxylation is 1. The van der Waals surface area contributed by atoms with Gasteiger partial charge in [0, 0.05) is 4.88 Å². The summed E-state index contributed by atoms with van der Waals surface area (Å²) >= 11 is 7.20. The van der Waals surface area contributed by atoms with E-state index in [1.807, 2.05) is 0 Å². The van der Waals surface area contributed by atoms with Gasteiger partial charge in [-0.15, -0.1) is 11.3 Å². The minimum absolute atomic E-state index is 0.243. The highest BCUT2D eigenvalue weighted by Crippen LogP contribution is 2.28. The fourth-order valence-corrected chi connectivity index (χ4v) is 2.75. The standard InChI is InChI=1S/C11H15ClO2S/c1-2-3-4-5-6-8-7-9(11(13)14)10(12)15-8/h7H,2-6H2,1H3,(H,13,14). The molecule has 1 heterocycles. The van der Waals surface area contributed by atoms with E-state index in [0.717, 1.165) is 17.7 Å². The van der Waals surface area contributed by atoms with Crippen molar-refractivity contribution in [1.29, 1.82) is 0 Å². The molecule has 15 heavy (non-hydrogen) atoms. The third-order valence-electron chi connectivity index (χ3n) is 2.24. The van der Waals surface area contributed by atoms with Crippen LogP contribution in [-0.2, 0) is 6.42 Å². The van der Waals surface area contributed by atoms with Gasteiger partial charge >= 0.3 is 5.97 Å². The molecule has 0 saturated heterocycles. The number of aromatic carboxylic acids is 1. The number of carbonyl (C=O) groups is 1. The molecule has 0 unspecified atom stereocenters. The summed E-state index contributed by atoms with van der Waals surface area (Å²) in [6.45, 7) is 2.17. The topological polar surface area (TPSA) is 37.3 Å². The molecule has 0 fully saturated rings. The number of thiophene rings is 1. The third kappa shape index (κ3) is 3.84. The van der Waals surface area contributed by atoms with Crippen LogP contribution in [0, 0.1) is 0 Å². The van der Waals surface area contributed by atoms with Crippen molar-refractivity contribution in [3.63, 3.8) is 0 Å². The van der Waals surface area contributed by atoms with Gasteiger partial charge in [0.05, 0.1) is 5.56 Å². The van der Waals surface area contributed by atoms with Crippen LogP contribution in [0.15, 0.2) is 6.07 Å². The highest BCUT2D eigenvalue weighted by molar-refractivity contribution is 7.16. The van der Waals surface area contributed by atoms with Gasteiger partial charge in [0.1, 0.15) is 4.34 Å². The predicted molar refractivity (Wildman–Crippen MR) is 64.1 cm³/mol. The molecule has 0 radical (unpaired) electrons. The van der Waals surface area contributed by atoms with Gasteiger partial charge in [-0.05, 0) is 18.9 Å². The minimum Gasteiger partial charge on any atom is -0.478 e. The smallest absolute Gasteiger partial charge is 0.338 e. The zero-order chi connectivity index (χ0) is 11.3. The first-order chi connectivity index (χ1) is 7.15. The Morgan fingerprint density at radius 3 is 2.73 bits per heavy atom. The van der Waals surface area contributed by atoms with Crippen molar-refractivity contribution >= 4 is 28.9 Å². The Kier molecular flexibility index (Phi) is 5.12. The second-order valence-corrected chi connectivity index (χ2v) is 5.25. The van der Waals surface area contributed by atoms with Gasteiger partial charge in [0.25, 0.3) is 0 Å². The van der Waals surface area contributed by atoms with Crippen molar-refractivity contribution in [1.82, 2.24) is 0 Å². The summed E-state index contributed by atoms with van der Waals surface area (Å²) in [5, 5.41) is 8.81. The van der Waals surface area contributed by atoms with E-state index in [1.165, 1.54) is 30.6 Å². The Morgan fingerprint density at radius 2 is 2.20 bits per heavy atom. The van der Waals surface area contributed by atoms with Gasteiger partial charge in [-0.25, -0.2) is 4.79 Å². The number of hydrogen-bond donors (Lipinski definition) is 1. The largest absolute Gasteiger partial charge is 0.478 e. The molecule has 1 rings (SSSR count). The number of hydrogen-bond acceptors (Lipinski definition) is 2. The average Bonchev–Trinajstić information content (AvgIpc) is 2.55. The first kappa shape index (κ1) is 12.5. The predicted octanol–water partition coefficient (Wildman–Crippen LogP) is 4.22. The van der Waals surface area contributed by atoms with Crippen molar-refractivity contribution < 1.29 is 9.90 Å². The molecule has 1 N–H and O–H groups in total. The molecule has 1 aromatic heterocycles. The maximum Gasteiger partial charge on any atom is 0.338 e. The summed E-state index contributed by atoms with van der Waals surface area (Å²) in [6, 6.07) is 1.70. The molecular formula is C11H15ClO2S. The molecule has 0 spiro atoms. The van der Waals surface area contributed by atoms with Gasteiger partial charge in [0.15, 0.2) is 0 Å². The lowest BCUT2D eigenvalue weighted by atomic mass is 10.1. The van der Waals surface area contributed by atoms with Crippen molar-refractivity contribution in [3.05, 3.63) is 20.8 Å². The number of carboxylic acid groups (broad SMARTS) is 1. The fraction of sp³-hybridized carbons (Fsp3) is 0.545. The van der Waals surface area contributed by atoms with Crippen molar-refractivity contribution in [3.8, 4) is 0 Å². The lowest BCUT2D eigenvalue weighted by Crippen LogP contribution is -1.93. The summed E-state index contributed by atoms with van der Waals surface area (Å²) in [5.74, 6) is -0.934. The van der Waals surface area contributed by atoms with Crippen molar-refractivity contribution in [2.45, 2.75) is 39.0 Å². The van der Waals surface area contributed by atoms with E-state index in [2.05, 4.69) is 6.92 Å². The Balaban J connectivity index is 2.48. The van der Waals surface area contributed by atoms with Crippen LogP contribution in [0.25, 0.3) is 0 Å². The average molecular weight is 247 g/mol. The molecule has 4 heteroatoms. The van der Waals surface area contributed by atoms with Gasteiger partial charge in [0.2, 0.25) is 0 Å². The molecule has 0 bridgehead atoms. The zero-order valence-electron chi connectivity index (χ0n) is 8.75. The lowest BCUT2D eigenvalue weighted by Gasteiger charge is -1.96.